The van der Waals surface area contributed by atoms with Crippen molar-refractivity contribution in [1.29, 1.82) is 0 Å². The zero-order valence-corrected chi connectivity index (χ0v) is 15.6. The number of hydrogen-bond acceptors (Lipinski definition) is 5. The summed E-state index contributed by atoms with van der Waals surface area (Å²) in [5, 5.41) is 0. The molecule has 0 spiro atoms. The second kappa shape index (κ2) is 6.98. The van der Waals surface area contributed by atoms with Gasteiger partial charge in [-0.05, 0) is 25.0 Å². The van der Waals surface area contributed by atoms with E-state index in [1.807, 2.05) is 0 Å². The molecule has 2 saturated heterocycles. The Balaban J connectivity index is 1.52. The van der Waals surface area contributed by atoms with Crippen molar-refractivity contribution in [2.45, 2.75) is 29.8 Å². The van der Waals surface area contributed by atoms with Crippen molar-refractivity contribution in [3.05, 3.63) is 23.5 Å². The molecule has 27 heavy (non-hydrogen) atoms. The molecule has 10 heteroatoms. The van der Waals surface area contributed by atoms with E-state index in [0.717, 1.165) is 31.9 Å². The number of rotatable bonds is 5. The summed E-state index contributed by atoms with van der Waals surface area (Å²) in [7, 11) is -3.85. The number of alkyl halides is 3. The minimum atomic E-state index is -4.58. The molecule has 0 unspecified atom stereocenters. The van der Waals surface area contributed by atoms with Crippen LogP contribution in [0.25, 0.3) is 0 Å². The van der Waals surface area contributed by atoms with E-state index in [0.29, 0.717) is 44.9 Å². The highest BCUT2D eigenvalue weighted by Gasteiger charge is 2.40. The molecule has 6 nitrogen and oxygen atoms in total. The quantitative estimate of drug-likeness (QED) is 0.749. The first-order valence-electron chi connectivity index (χ1n) is 9.13. The van der Waals surface area contributed by atoms with Crippen LogP contribution >= 0.6 is 0 Å². The Hall–Kier alpha value is -1.23. The summed E-state index contributed by atoms with van der Waals surface area (Å²) in [6.45, 7) is 4.29. The van der Waals surface area contributed by atoms with Crippen molar-refractivity contribution in [3.8, 4) is 0 Å². The summed E-state index contributed by atoms with van der Waals surface area (Å²) in [6, 6.07) is 1.85. The number of hydrogen-bond donors (Lipinski definition) is 0. The Kier molecular flexibility index (Phi) is 4.94. The van der Waals surface area contributed by atoms with E-state index in [2.05, 4.69) is 9.88 Å². The zero-order chi connectivity index (χ0) is 19.2. The normalized spacial score (nSPS) is 23.4. The molecule has 0 aromatic carbocycles. The number of nitrogens with zero attached hydrogens (tertiary/aromatic N) is 3. The summed E-state index contributed by atoms with van der Waals surface area (Å²) < 4.78 is 71.6. The van der Waals surface area contributed by atoms with Gasteiger partial charge >= 0.3 is 6.18 Å². The third-order valence-corrected chi connectivity index (χ3v) is 7.26. The van der Waals surface area contributed by atoms with Crippen LogP contribution in [0, 0.1) is 5.92 Å². The Morgan fingerprint density at radius 3 is 2.30 bits per heavy atom. The van der Waals surface area contributed by atoms with Crippen LogP contribution in [0.15, 0.2) is 17.0 Å². The number of pyridine rings is 1. The van der Waals surface area contributed by atoms with Crippen LogP contribution in [0.4, 0.5) is 13.2 Å². The summed E-state index contributed by atoms with van der Waals surface area (Å²) in [4.78, 5) is 5.83. The van der Waals surface area contributed by atoms with Gasteiger partial charge < -0.3 is 9.64 Å². The molecule has 1 saturated carbocycles. The van der Waals surface area contributed by atoms with Crippen LogP contribution < -0.4 is 0 Å². The number of halogens is 3. The molecule has 1 aromatic rings. The lowest BCUT2D eigenvalue weighted by Crippen LogP contribution is -2.51. The molecule has 1 aromatic heterocycles. The molecule has 0 amide bonds. The van der Waals surface area contributed by atoms with Gasteiger partial charge in [0.1, 0.15) is 10.6 Å². The summed E-state index contributed by atoms with van der Waals surface area (Å²) >= 11 is 0. The molecule has 3 fully saturated rings. The molecular weight excluding hydrogens is 383 g/mol. The van der Waals surface area contributed by atoms with Gasteiger partial charge in [0.05, 0.1) is 18.9 Å². The second-order valence-electron chi connectivity index (χ2n) is 7.46. The van der Waals surface area contributed by atoms with Gasteiger partial charge in [0, 0.05) is 44.6 Å². The van der Waals surface area contributed by atoms with E-state index in [-0.39, 0.29) is 16.5 Å². The molecule has 4 rings (SSSR count). The SMILES string of the molecule is O=S(=O)(c1ccc(C(F)(F)F)nc1C1CC1)N1CCN(CC2COC2)CC1. The number of piperazine rings is 1. The Morgan fingerprint density at radius 2 is 1.78 bits per heavy atom. The fourth-order valence-corrected chi connectivity index (χ4v) is 5.17. The number of ether oxygens (including phenoxy) is 1. The Labute approximate surface area is 156 Å². The number of aromatic nitrogens is 1. The van der Waals surface area contributed by atoms with Crippen molar-refractivity contribution in [2.75, 3.05) is 45.9 Å². The Morgan fingerprint density at radius 1 is 1.11 bits per heavy atom. The van der Waals surface area contributed by atoms with E-state index >= 15 is 0 Å². The monoisotopic (exact) mass is 405 g/mol. The lowest BCUT2D eigenvalue weighted by Gasteiger charge is -2.38. The average molecular weight is 405 g/mol. The predicted octanol–water partition coefficient (Wildman–Crippen LogP) is 1.93. The third kappa shape index (κ3) is 3.98. The van der Waals surface area contributed by atoms with Crippen molar-refractivity contribution >= 4 is 10.0 Å². The molecule has 150 valence electrons. The van der Waals surface area contributed by atoms with Crippen LogP contribution in [0.5, 0.6) is 0 Å². The van der Waals surface area contributed by atoms with Gasteiger partial charge in [-0.2, -0.15) is 17.5 Å². The highest BCUT2D eigenvalue weighted by Crippen LogP contribution is 2.43. The van der Waals surface area contributed by atoms with Crippen LogP contribution in [0.2, 0.25) is 0 Å². The van der Waals surface area contributed by atoms with Crippen molar-refractivity contribution in [1.82, 2.24) is 14.2 Å². The lowest BCUT2D eigenvalue weighted by atomic mass is 10.1. The number of sulfonamides is 1. The largest absolute Gasteiger partial charge is 0.433 e. The second-order valence-corrected chi connectivity index (χ2v) is 9.37. The topological polar surface area (TPSA) is 62.7 Å². The lowest BCUT2D eigenvalue weighted by molar-refractivity contribution is -0.141. The van der Waals surface area contributed by atoms with Gasteiger partial charge in [-0.3, -0.25) is 0 Å². The first kappa shape index (κ1) is 19.1. The highest BCUT2D eigenvalue weighted by atomic mass is 32.2. The van der Waals surface area contributed by atoms with Gasteiger partial charge in [0.2, 0.25) is 10.0 Å². The fourth-order valence-electron chi connectivity index (χ4n) is 3.53. The van der Waals surface area contributed by atoms with Crippen LogP contribution in [-0.2, 0) is 20.9 Å². The molecular formula is C17H22F3N3O3S. The van der Waals surface area contributed by atoms with Crippen molar-refractivity contribution in [3.63, 3.8) is 0 Å². The van der Waals surface area contributed by atoms with Gasteiger partial charge in [0.25, 0.3) is 0 Å². The molecule has 2 aliphatic heterocycles. The fraction of sp³-hybridized carbons (Fsp3) is 0.706. The van der Waals surface area contributed by atoms with Crippen LogP contribution in [-0.4, -0.2) is 68.5 Å². The minimum absolute atomic E-state index is 0.0684. The third-order valence-electron chi connectivity index (χ3n) is 5.31. The maximum absolute atomic E-state index is 13.1. The first-order chi connectivity index (χ1) is 12.7. The van der Waals surface area contributed by atoms with Crippen LogP contribution in [0.3, 0.4) is 0 Å². The molecule has 1 aliphatic carbocycles. The van der Waals surface area contributed by atoms with Gasteiger partial charge in [-0.25, -0.2) is 13.4 Å². The molecule has 0 atom stereocenters. The summed E-state index contributed by atoms with van der Waals surface area (Å²) in [5.41, 5.74) is -0.963. The van der Waals surface area contributed by atoms with E-state index in [9.17, 15) is 21.6 Å². The van der Waals surface area contributed by atoms with Crippen LogP contribution in [0.1, 0.15) is 30.1 Å². The standard InChI is InChI=1S/C17H22F3N3O3S/c18-17(19,20)15-4-3-14(16(21-15)13-1-2-13)27(24,25)23-7-5-22(6-8-23)9-12-10-26-11-12/h3-4,12-13H,1-2,5-11H2. The van der Waals surface area contributed by atoms with E-state index in [4.69, 9.17) is 4.74 Å². The van der Waals surface area contributed by atoms with E-state index < -0.39 is 21.9 Å². The van der Waals surface area contributed by atoms with Gasteiger partial charge in [-0.1, -0.05) is 0 Å². The molecule has 3 aliphatic rings. The summed E-state index contributed by atoms with van der Waals surface area (Å²) in [5.74, 6) is 0.311. The molecule has 3 heterocycles. The zero-order valence-electron chi connectivity index (χ0n) is 14.8. The Bertz CT molecular complexity index is 799. The highest BCUT2D eigenvalue weighted by molar-refractivity contribution is 7.89. The maximum Gasteiger partial charge on any atom is 0.433 e. The van der Waals surface area contributed by atoms with Gasteiger partial charge in [0.15, 0.2) is 0 Å². The van der Waals surface area contributed by atoms with E-state index in [1.54, 1.807) is 0 Å². The minimum Gasteiger partial charge on any atom is -0.381 e. The maximum atomic E-state index is 13.1. The average Bonchev–Trinajstić information content (AvgIpc) is 3.42. The van der Waals surface area contributed by atoms with E-state index in [1.165, 1.54) is 4.31 Å². The predicted molar refractivity (Wildman–Crippen MR) is 90.7 cm³/mol. The smallest absolute Gasteiger partial charge is 0.381 e. The summed E-state index contributed by atoms with van der Waals surface area (Å²) in [6.07, 6.45) is -3.23. The van der Waals surface area contributed by atoms with Gasteiger partial charge in [-0.15, -0.1) is 0 Å². The molecule has 0 radical (unpaired) electrons. The molecule has 0 N–H and O–H groups in total. The van der Waals surface area contributed by atoms with Crippen molar-refractivity contribution in [2.24, 2.45) is 5.92 Å². The first-order valence-corrected chi connectivity index (χ1v) is 10.6. The van der Waals surface area contributed by atoms with Crippen molar-refractivity contribution < 1.29 is 26.3 Å². The molecule has 0 bridgehead atoms.